The molecule has 0 saturated carbocycles. The fourth-order valence-corrected chi connectivity index (χ4v) is 1.71. The van der Waals surface area contributed by atoms with Gasteiger partial charge in [0.2, 0.25) is 0 Å². The first-order valence-corrected chi connectivity index (χ1v) is 5.61. The second kappa shape index (κ2) is 4.78. The van der Waals surface area contributed by atoms with Crippen LogP contribution in [0.5, 0.6) is 0 Å². The smallest absolute Gasteiger partial charge is 0.274 e. The molecular formula is C10H6F2IN3O. The summed E-state index contributed by atoms with van der Waals surface area (Å²) in [5.41, 5.74) is 0.149. The minimum Gasteiger partial charge on any atom is -0.318 e. The molecule has 2 aromatic rings. The number of amides is 1. The fraction of sp³-hybridized carbons (Fsp3) is 0. The summed E-state index contributed by atoms with van der Waals surface area (Å²) in [6.45, 7) is 0. The maximum absolute atomic E-state index is 13.3. The quantitative estimate of drug-likeness (QED) is 0.819. The SMILES string of the molecule is O=C(Nc1ccc(F)cc1F)c1[nH]ncc1I. The molecule has 17 heavy (non-hydrogen) atoms. The predicted octanol–water partition coefficient (Wildman–Crippen LogP) is 2.54. The van der Waals surface area contributed by atoms with Crippen molar-refractivity contribution in [2.75, 3.05) is 5.32 Å². The Balaban J connectivity index is 2.22. The van der Waals surface area contributed by atoms with Crippen LogP contribution < -0.4 is 5.32 Å². The van der Waals surface area contributed by atoms with Crippen LogP contribution in [0.15, 0.2) is 24.4 Å². The summed E-state index contributed by atoms with van der Waals surface area (Å²) in [5.74, 6) is -2.05. The van der Waals surface area contributed by atoms with Gasteiger partial charge in [0.1, 0.15) is 17.3 Å². The lowest BCUT2D eigenvalue weighted by atomic mass is 10.3. The molecule has 0 fully saturated rings. The van der Waals surface area contributed by atoms with Crippen molar-refractivity contribution in [1.82, 2.24) is 10.2 Å². The molecular weight excluding hydrogens is 343 g/mol. The van der Waals surface area contributed by atoms with E-state index in [-0.39, 0.29) is 11.4 Å². The minimum absolute atomic E-state index is 0.0817. The highest BCUT2D eigenvalue weighted by molar-refractivity contribution is 14.1. The summed E-state index contributed by atoms with van der Waals surface area (Å²) < 4.78 is 26.5. The molecule has 0 radical (unpaired) electrons. The minimum atomic E-state index is -0.826. The van der Waals surface area contributed by atoms with Gasteiger partial charge in [-0.15, -0.1) is 0 Å². The molecule has 0 unspecified atom stereocenters. The molecule has 2 rings (SSSR count). The topological polar surface area (TPSA) is 57.8 Å². The zero-order chi connectivity index (χ0) is 12.4. The van der Waals surface area contributed by atoms with Gasteiger partial charge in [-0.25, -0.2) is 8.78 Å². The van der Waals surface area contributed by atoms with E-state index in [0.717, 1.165) is 12.1 Å². The van der Waals surface area contributed by atoms with Crippen molar-refractivity contribution in [1.29, 1.82) is 0 Å². The Morgan fingerprint density at radius 3 is 2.76 bits per heavy atom. The van der Waals surface area contributed by atoms with E-state index in [1.807, 2.05) is 22.6 Å². The standard InChI is InChI=1S/C10H6F2IN3O/c11-5-1-2-8(6(12)3-5)15-10(17)9-7(13)4-14-16-9/h1-4H,(H,14,16)(H,15,17). The van der Waals surface area contributed by atoms with Gasteiger partial charge in [0.05, 0.1) is 15.5 Å². The lowest BCUT2D eigenvalue weighted by Crippen LogP contribution is -2.14. The summed E-state index contributed by atoms with van der Waals surface area (Å²) in [4.78, 5) is 11.7. The van der Waals surface area contributed by atoms with Crippen molar-refractivity contribution in [3.05, 3.63) is 45.3 Å². The van der Waals surface area contributed by atoms with Gasteiger partial charge in [-0.2, -0.15) is 5.10 Å². The van der Waals surface area contributed by atoms with Gasteiger partial charge < -0.3 is 5.32 Å². The second-order valence-electron chi connectivity index (χ2n) is 3.17. The molecule has 0 aliphatic carbocycles. The largest absolute Gasteiger partial charge is 0.318 e. The molecule has 1 aromatic heterocycles. The van der Waals surface area contributed by atoms with E-state index in [1.54, 1.807) is 0 Å². The van der Waals surface area contributed by atoms with Crippen molar-refractivity contribution in [3.8, 4) is 0 Å². The second-order valence-corrected chi connectivity index (χ2v) is 4.33. The number of H-pyrrole nitrogens is 1. The molecule has 0 saturated heterocycles. The van der Waals surface area contributed by atoms with Crippen molar-refractivity contribution in [2.24, 2.45) is 0 Å². The molecule has 4 nitrogen and oxygen atoms in total. The number of anilines is 1. The molecule has 7 heteroatoms. The Labute approximate surface area is 109 Å². The Kier molecular flexibility index (Phi) is 3.36. The van der Waals surface area contributed by atoms with Crippen LogP contribution in [-0.2, 0) is 0 Å². The molecule has 1 aromatic carbocycles. The third-order valence-electron chi connectivity index (χ3n) is 2.00. The summed E-state index contributed by atoms with van der Waals surface area (Å²) in [7, 11) is 0. The van der Waals surface area contributed by atoms with Crippen molar-refractivity contribution < 1.29 is 13.6 Å². The zero-order valence-corrected chi connectivity index (χ0v) is 10.5. The summed E-state index contributed by atoms with van der Waals surface area (Å²) in [5, 5.41) is 8.49. The summed E-state index contributed by atoms with van der Waals surface area (Å²) in [6, 6.07) is 2.93. The van der Waals surface area contributed by atoms with Gasteiger partial charge in [0, 0.05) is 6.07 Å². The summed E-state index contributed by atoms with van der Waals surface area (Å²) >= 11 is 1.92. The van der Waals surface area contributed by atoms with Crippen molar-refractivity contribution >= 4 is 34.2 Å². The monoisotopic (exact) mass is 349 g/mol. The molecule has 2 N–H and O–H groups in total. The molecule has 0 bridgehead atoms. The Morgan fingerprint density at radius 1 is 1.41 bits per heavy atom. The number of benzene rings is 1. The maximum Gasteiger partial charge on any atom is 0.274 e. The van der Waals surface area contributed by atoms with Crippen molar-refractivity contribution in [2.45, 2.75) is 0 Å². The molecule has 0 aliphatic heterocycles. The summed E-state index contributed by atoms with van der Waals surface area (Å²) in [6.07, 6.45) is 1.47. The Hall–Kier alpha value is -1.51. The number of halogens is 3. The van der Waals surface area contributed by atoms with E-state index in [4.69, 9.17) is 0 Å². The van der Waals surface area contributed by atoms with Crippen LogP contribution in [0.3, 0.4) is 0 Å². The van der Waals surface area contributed by atoms with Crippen molar-refractivity contribution in [3.63, 3.8) is 0 Å². The average Bonchev–Trinajstić information content (AvgIpc) is 2.68. The van der Waals surface area contributed by atoms with Gasteiger partial charge in [0.15, 0.2) is 0 Å². The highest BCUT2D eigenvalue weighted by atomic mass is 127. The molecule has 0 atom stereocenters. The third kappa shape index (κ3) is 2.60. The number of nitrogens with zero attached hydrogens (tertiary/aromatic N) is 1. The van der Waals surface area contributed by atoms with E-state index in [9.17, 15) is 13.6 Å². The van der Waals surface area contributed by atoms with Gasteiger partial charge >= 0.3 is 0 Å². The zero-order valence-electron chi connectivity index (χ0n) is 8.30. The average molecular weight is 349 g/mol. The first-order valence-electron chi connectivity index (χ1n) is 4.53. The highest BCUT2D eigenvalue weighted by Gasteiger charge is 2.14. The van der Waals surface area contributed by atoms with Crippen LogP contribution in [0.25, 0.3) is 0 Å². The van der Waals surface area contributed by atoms with Crippen LogP contribution in [-0.4, -0.2) is 16.1 Å². The van der Waals surface area contributed by atoms with Gasteiger partial charge in [-0.3, -0.25) is 9.89 Å². The first kappa shape index (κ1) is 12.0. The molecule has 0 spiro atoms. The van der Waals surface area contributed by atoms with Crippen LogP contribution >= 0.6 is 22.6 Å². The van der Waals surface area contributed by atoms with E-state index in [1.165, 1.54) is 6.20 Å². The third-order valence-corrected chi connectivity index (χ3v) is 2.82. The first-order chi connectivity index (χ1) is 8.08. The number of nitrogens with one attached hydrogen (secondary N) is 2. The Morgan fingerprint density at radius 2 is 2.18 bits per heavy atom. The lowest BCUT2D eigenvalue weighted by molar-refractivity contribution is 0.102. The number of aromatic amines is 1. The van der Waals surface area contributed by atoms with Gasteiger partial charge in [-0.1, -0.05) is 0 Å². The number of carbonyl (C=O) groups is 1. The highest BCUT2D eigenvalue weighted by Crippen LogP contribution is 2.17. The van der Waals surface area contributed by atoms with Crippen LogP contribution in [0.1, 0.15) is 10.5 Å². The predicted molar refractivity (Wildman–Crippen MR) is 65.6 cm³/mol. The Bertz CT molecular complexity index is 570. The van der Waals surface area contributed by atoms with Crippen LogP contribution in [0.2, 0.25) is 0 Å². The van der Waals surface area contributed by atoms with E-state index < -0.39 is 17.5 Å². The normalized spacial score (nSPS) is 10.3. The number of rotatable bonds is 2. The lowest BCUT2D eigenvalue weighted by Gasteiger charge is -2.05. The van der Waals surface area contributed by atoms with Crippen LogP contribution in [0, 0.1) is 15.2 Å². The number of hydrogen-bond acceptors (Lipinski definition) is 2. The number of carbonyl (C=O) groups excluding carboxylic acids is 1. The molecule has 1 heterocycles. The van der Waals surface area contributed by atoms with E-state index in [2.05, 4.69) is 15.5 Å². The molecule has 0 aliphatic rings. The molecule has 88 valence electrons. The number of hydrogen-bond donors (Lipinski definition) is 2. The van der Waals surface area contributed by atoms with Crippen LogP contribution in [0.4, 0.5) is 14.5 Å². The number of aromatic nitrogens is 2. The molecule has 1 amide bonds. The van der Waals surface area contributed by atoms with Gasteiger partial charge in [-0.05, 0) is 34.7 Å². The maximum atomic E-state index is 13.3. The van der Waals surface area contributed by atoms with Gasteiger partial charge in [0.25, 0.3) is 5.91 Å². The fourth-order valence-electron chi connectivity index (χ4n) is 1.21. The van der Waals surface area contributed by atoms with E-state index >= 15 is 0 Å². The van der Waals surface area contributed by atoms with E-state index in [0.29, 0.717) is 9.64 Å².